The van der Waals surface area contributed by atoms with Gasteiger partial charge in [0.1, 0.15) is 24.2 Å². The van der Waals surface area contributed by atoms with Crippen LogP contribution in [0.2, 0.25) is 5.02 Å². The van der Waals surface area contributed by atoms with E-state index in [0.29, 0.717) is 11.3 Å². The third-order valence-corrected chi connectivity index (χ3v) is 7.98. The first kappa shape index (κ1) is 30.9. The summed E-state index contributed by atoms with van der Waals surface area (Å²) < 4.78 is 47.3. The molecule has 0 aliphatic heterocycles. The second-order valence-electron chi connectivity index (χ2n) is 10.2. The number of carbonyl (C=O) groups excluding carboxylic acids is 2. The molecule has 214 valence electrons. The van der Waals surface area contributed by atoms with Crippen LogP contribution in [0.3, 0.4) is 0 Å². The van der Waals surface area contributed by atoms with Gasteiger partial charge in [0.25, 0.3) is 10.0 Å². The number of methoxy groups -OCH3 is 1. The zero-order chi connectivity index (χ0) is 29.7. The summed E-state index contributed by atoms with van der Waals surface area (Å²) in [6, 6.07) is 16.5. The van der Waals surface area contributed by atoms with E-state index in [-0.39, 0.29) is 22.2 Å². The summed E-state index contributed by atoms with van der Waals surface area (Å²) in [5, 5.41) is 3.13. The molecular formula is C29H33ClFN3O5S. The summed E-state index contributed by atoms with van der Waals surface area (Å²) in [7, 11) is -2.79. The molecule has 3 aromatic carbocycles. The first-order chi connectivity index (χ1) is 18.7. The molecule has 3 aromatic rings. The van der Waals surface area contributed by atoms with E-state index in [4.69, 9.17) is 16.3 Å². The Bertz CT molecular complexity index is 1440. The molecule has 0 bridgehead atoms. The van der Waals surface area contributed by atoms with Crippen LogP contribution in [-0.2, 0) is 26.2 Å². The Morgan fingerprint density at radius 2 is 1.65 bits per heavy atom. The largest absolute Gasteiger partial charge is 0.497 e. The molecule has 0 spiro atoms. The second kappa shape index (κ2) is 12.7. The van der Waals surface area contributed by atoms with Crippen molar-refractivity contribution >= 4 is 39.1 Å². The maximum absolute atomic E-state index is 13.9. The Balaban J connectivity index is 2.03. The molecule has 0 aromatic heterocycles. The Morgan fingerprint density at radius 1 is 1.02 bits per heavy atom. The number of nitrogens with zero attached hydrogens (tertiary/aromatic N) is 2. The van der Waals surface area contributed by atoms with Crippen LogP contribution in [-0.4, -0.2) is 50.4 Å². The normalized spacial score (nSPS) is 12.4. The highest BCUT2D eigenvalue weighted by Gasteiger charge is 2.33. The van der Waals surface area contributed by atoms with Crippen LogP contribution in [0.5, 0.6) is 5.75 Å². The summed E-state index contributed by atoms with van der Waals surface area (Å²) >= 11 is 6.18. The minimum absolute atomic E-state index is 0.0518. The smallest absolute Gasteiger partial charge is 0.264 e. The van der Waals surface area contributed by atoms with Crippen molar-refractivity contribution < 1.29 is 27.1 Å². The van der Waals surface area contributed by atoms with Crippen LogP contribution in [0, 0.1) is 5.82 Å². The van der Waals surface area contributed by atoms with E-state index >= 15 is 0 Å². The molecule has 2 amide bonds. The molecule has 0 aliphatic rings. The van der Waals surface area contributed by atoms with E-state index in [1.807, 2.05) is 20.8 Å². The number of hydrogen-bond acceptors (Lipinski definition) is 5. The van der Waals surface area contributed by atoms with Gasteiger partial charge >= 0.3 is 0 Å². The molecule has 11 heteroatoms. The molecule has 0 fully saturated rings. The fraction of sp³-hybridized carbons (Fsp3) is 0.310. The SMILES string of the molecule is COc1ccc(S(=O)(=O)N(CC(=O)N(Cc2ccc(F)cc2)[C@@H](C)C(=O)NC(C)(C)C)c2cccc(Cl)c2)cc1. The topological polar surface area (TPSA) is 96.0 Å². The Hall–Kier alpha value is -3.63. The number of carbonyl (C=O) groups is 2. The predicted molar refractivity (Wildman–Crippen MR) is 153 cm³/mol. The molecule has 0 saturated carbocycles. The van der Waals surface area contributed by atoms with E-state index in [1.165, 1.54) is 72.7 Å². The molecule has 0 unspecified atom stereocenters. The standard InChI is InChI=1S/C29H33ClFN3O5S/c1-20(28(36)32-29(2,3)4)33(18-21-9-11-23(31)12-10-21)27(35)19-34(24-8-6-7-22(30)17-24)40(37,38)26-15-13-25(39-5)14-16-26/h6-17,20H,18-19H2,1-5H3,(H,32,36)/t20-/m0/s1. The summed E-state index contributed by atoms with van der Waals surface area (Å²) in [6.07, 6.45) is 0. The van der Waals surface area contributed by atoms with Crippen molar-refractivity contribution in [1.82, 2.24) is 10.2 Å². The van der Waals surface area contributed by atoms with Gasteiger partial charge in [0.15, 0.2) is 0 Å². The molecule has 1 atom stereocenters. The van der Waals surface area contributed by atoms with Gasteiger partial charge in [0.2, 0.25) is 11.8 Å². The van der Waals surface area contributed by atoms with E-state index in [9.17, 15) is 22.4 Å². The number of hydrogen-bond donors (Lipinski definition) is 1. The number of halogens is 2. The lowest BCUT2D eigenvalue weighted by Gasteiger charge is -2.33. The fourth-order valence-corrected chi connectivity index (χ4v) is 5.47. The zero-order valence-corrected chi connectivity index (χ0v) is 24.6. The number of rotatable bonds is 10. The molecule has 0 radical (unpaired) electrons. The van der Waals surface area contributed by atoms with E-state index in [1.54, 1.807) is 19.1 Å². The Morgan fingerprint density at radius 3 is 2.20 bits per heavy atom. The van der Waals surface area contributed by atoms with Gasteiger partial charge in [-0.05, 0) is 87.9 Å². The highest BCUT2D eigenvalue weighted by molar-refractivity contribution is 7.92. The molecule has 8 nitrogen and oxygen atoms in total. The predicted octanol–water partition coefficient (Wildman–Crippen LogP) is 5.02. The highest BCUT2D eigenvalue weighted by atomic mass is 35.5. The third kappa shape index (κ3) is 7.95. The van der Waals surface area contributed by atoms with Crippen LogP contribution in [0.1, 0.15) is 33.3 Å². The van der Waals surface area contributed by atoms with Crippen LogP contribution in [0.15, 0.2) is 77.7 Å². The van der Waals surface area contributed by atoms with Crippen molar-refractivity contribution in [2.45, 2.75) is 50.7 Å². The van der Waals surface area contributed by atoms with Gasteiger partial charge in [-0.2, -0.15) is 0 Å². The molecule has 40 heavy (non-hydrogen) atoms. The first-order valence-corrected chi connectivity index (χ1v) is 14.3. The van der Waals surface area contributed by atoms with Crippen molar-refractivity contribution in [2.75, 3.05) is 18.0 Å². The van der Waals surface area contributed by atoms with Crippen LogP contribution in [0.4, 0.5) is 10.1 Å². The van der Waals surface area contributed by atoms with E-state index in [2.05, 4.69) is 5.32 Å². The summed E-state index contributed by atoms with van der Waals surface area (Å²) in [6.45, 7) is 6.32. The van der Waals surface area contributed by atoms with E-state index in [0.717, 1.165) is 4.31 Å². The lowest BCUT2D eigenvalue weighted by atomic mass is 10.1. The monoisotopic (exact) mass is 589 g/mol. The zero-order valence-electron chi connectivity index (χ0n) is 23.0. The van der Waals surface area contributed by atoms with Crippen LogP contribution < -0.4 is 14.4 Å². The minimum Gasteiger partial charge on any atom is -0.497 e. The van der Waals surface area contributed by atoms with Gasteiger partial charge in [-0.25, -0.2) is 12.8 Å². The van der Waals surface area contributed by atoms with Crippen molar-refractivity contribution in [3.05, 3.63) is 89.2 Å². The van der Waals surface area contributed by atoms with Crippen molar-refractivity contribution in [1.29, 1.82) is 0 Å². The summed E-state index contributed by atoms with van der Waals surface area (Å²) in [5.74, 6) is -1.04. The number of ether oxygens (including phenoxy) is 1. The molecular weight excluding hydrogens is 557 g/mol. The van der Waals surface area contributed by atoms with Crippen LogP contribution >= 0.6 is 11.6 Å². The van der Waals surface area contributed by atoms with Gasteiger partial charge in [-0.1, -0.05) is 29.8 Å². The number of amides is 2. The highest BCUT2D eigenvalue weighted by Crippen LogP contribution is 2.28. The third-order valence-electron chi connectivity index (χ3n) is 5.95. The quantitative estimate of drug-likeness (QED) is 0.358. The van der Waals surface area contributed by atoms with Gasteiger partial charge in [0.05, 0.1) is 17.7 Å². The second-order valence-corrected chi connectivity index (χ2v) is 12.5. The number of benzene rings is 3. The van der Waals surface area contributed by atoms with Gasteiger partial charge in [-0.15, -0.1) is 0 Å². The lowest BCUT2D eigenvalue weighted by Crippen LogP contribution is -2.54. The summed E-state index contributed by atoms with van der Waals surface area (Å²) in [5.41, 5.74) is 0.170. The minimum atomic E-state index is -4.26. The lowest BCUT2D eigenvalue weighted by molar-refractivity contribution is -0.140. The molecule has 3 rings (SSSR count). The number of nitrogens with one attached hydrogen (secondary N) is 1. The molecule has 0 heterocycles. The van der Waals surface area contributed by atoms with Crippen molar-refractivity contribution in [3.63, 3.8) is 0 Å². The summed E-state index contributed by atoms with van der Waals surface area (Å²) in [4.78, 5) is 28.2. The van der Waals surface area contributed by atoms with Crippen molar-refractivity contribution in [3.8, 4) is 5.75 Å². The van der Waals surface area contributed by atoms with Crippen LogP contribution in [0.25, 0.3) is 0 Å². The average Bonchev–Trinajstić information content (AvgIpc) is 2.89. The maximum Gasteiger partial charge on any atom is 0.264 e. The fourth-order valence-electron chi connectivity index (χ4n) is 3.88. The number of anilines is 1. The number of sulfonamides is 1. The van der Waals surface area contributed by atoms with Crippen molar-refractivity contribution in [2.24, 2.45) is 0 Å². The molecule has 1 N–H and O–H groups in total. The molecule has 0 aliphatic carbocycles. The van der Waals surface area contributed by atoms with Gasteiger partial charge < -0.3 is 15.0 Å². The first-order valence-electron chi connectivity index (χ1n) is 12.5. The Labute approximate surface area is 239 Å². The van der Waals surface area contributed by atoms with E-state index < -0.39 is 45.8 Å². The maximum atomic E-state index is 13.9. The van der Waals surface area contributed by atoms with Gasteiger partial charge in [-0.3, -0.25) is 13.9 Å². The Kier molecular flexibility index (Phi) is 9.81. The molecule has 0 saturated heterocycles. The van der Waals surface area contributed by atoms with Gasteiger partial charge in [0, 0.05) is 17.1 Å². The average molecular weight is 590 g/mol.